The second-order valence-corrected chi connectivity index (χ2v) is 5.19. The largest absolute Gasteiger partial charge is 0.462 e. The summed E-state index contributed by atoms with van der Waals surface area (Å²) in [5.41, 5.74) is 1.50. The highest BCUT2D eigenvalue weighted by molar-refractivity contribution is 9.10. The molecule has 0 saturated heterocycles. The quantitative estimate of drug-likeness (QED) is 0.763. The lowest BCUT2D eigenvalue weighted by atomic mass is 10.1. The van der Waals surface area contributed by atoms with E-state index >= 15 is 0 Å². The topological polar surface area (TPSA) is 42.4 Å². The average Bonchev–Trinajstić information content (AvgIpc) is 2.41. The first kappa shape index (κ1) is 17.7. The van der Waals surface area contributed by atoms with Gasteiger partial charge in [-0.15, -0.1) is 12.4 Å². The lowest BCUT2D eigenvalue weighted by Gasteiger charge is -2.19. The molecule has 0 radical (unpaired) electrons. The predicted octanol–water partition coefficient (Wildman–Crippen LogP) is 3.80. The third-order valence-electron chi connectivity index (χ3n) is 2.84. The van der Waals surface area contributed by atoms with Gasteiger partial charge in [-0.3, -0.25) is 4.98 Å². The molecule has 0 aliphatic rings. The van der Waals surface area contributed by atoms with Gasteiger partial charge in [-0.1, -0.05) is 0 Å². The fourth-order valence-corrected chi connectivity index (χ4v) is 2.48. The molecular weight excluding hydrogens is 363 g/mol. The Labute approximate surface area is 136 Å². The first-order valence-corrected chi connectivity index (χ1v) is 6.87. The smallest absolute Gasteiger partial charge is 0.341 e. The van der Waals surface area contributed by atoms with Crippen molar-refractivity contribution in [1.82, 2.24) is 4.98 Å². The summed E-state index contributed by atoms with van der Waals surface area (Å²) in [6.07, 6.45) is 1.42. The highest BCUT2D eigenvalue weighted by atomic mass is 79.9. The molecule has 0 saturated carbocycles. The van der Waals surface area contributed by atoms with E-state index in [0.29, 0.717) is 22.2 Å². The number of anilines is 1. The number of aromatic nitrogens is 1. The molecule has 1 aromatic heterocycles. The van der Waals surface area contributed by atoms with Crippen LogP contribution >= 0.6 is 28.3 Å². The Balaban J connectivity index is 0.00000220. The van der Waals surface area contributed by atoms with Crippen molar-refractivity contribution in [2.75, 3.05) is 25.6 Å². The second kappa shape index (κ2) is 7.04. The summed E-state index contributed by atoms with van der Waals surface area (Å²) in [6.45, 7) is 2.03. The molecule has 0 spiro atoms. The van der Waals surface area contributed by atoms with Crippen molar-refractivity contribution in [3.8, 4) is 0 Å². The van der Waals surface area contributed by atoms with E-state index in [0.717, 1.165) is 0 Å². The van der Waals surface area contributed by atoms with Gasteiger partial charge in [0.1, 0.15) is 11.4 Å². The van der Waals surface area contributed by atoms with E-state index in [2.05, 4.69) is 20.9 Å². The molecule has 1 heterocycles. The molecule has 7 heteroatoms. The minimum absolute atomic E-state index is 0. The van der Waals surface area contributed by atoms with Crippen LogP contribution in [0.15, 0.2) is 22.8 Å². The average molecular weight is 378 g/mol. The number of fused-ring (bicyclic) bond motifs is 1. The molecule has 0 unspecified atom stereocenters. The number of pyridine rings is 1. The summed E-state index contributed by atoms with van der Waals surface area (Å²) in [7, 11) is 3.63. The number of carbonyl (C=O) groups is 1. The first-order chi connectivity index (χ1) is 9.47. The van der Waals surface area contributed by atoms with E-state index in [-0.39, 0.29) is 23.5 Å². The lowest BCUT2D eigenvalue weighted by Crippen LogP contribution is -2.16. The Kier molecular flexibility index (Phi) is 5.92. The van der Waals surface area contributed by atoms with E-state index in [1.165, 1.54) is 12.3 Å². The fraction of sp³-hybridized carbons (Fsp3) is 0.286. The van der Waals surface area contributed by atoms with Gasteiger partial charge in [-0.2, -0.15) is 0 Å². The Hall–Kier alpha value is -1.40. The van der Waals surface area contributed by atoms with Crippen molar-refractivity contribution in [2.45, 2.75) is 6.92 Å². The van der Waals surface area contributed by atoms with Gasteiger partial charge in [0.25, 0.3) is 0 Å². The Bertz CT molecular complexity index is 680. The van der Waals surface area contributed by atoms with E-state index in [1.54, 1.807) is 17.9 Å². The fourth-order valence-electron chi connectivity index (χ4n) is 2.03. The summed E-state index contributed by atoms with van der Waals surface area (Å²) in [5.74, 6) is -0.829. The Morgan fingerprint density at radius 2 is 2.10 bits per heavy atom. The number of hydrogen-bond donors (Lipinski definition) is 0. The van der Waals surface area contributed by atoms with Crippen LogP contribution in [0.2, 0.25) is 0 Å². The highest BCUT2D eigenvalue weighted by Crippen LogP contribution is 2.33. The van der Waals surface area contributed by atoms with Gasteiger partial charge in [0.05, 0.1) is 22.3 Å². The minimum Gasteiger partial charge on any atom is -0.462 e. The highest BCUT2D eigenvalue weighted by Gasteiger charge is 2.19. The maximum Gasteiger partial charge on any atom is 0.341 e. The van der Waals surface area contributed by atoms with Gasteiger partial charge in [0.2, 0.25) is 0 Å². The van der Waals surface area contributed by atoms with E-state index < -0.39 is 11.8 Å². The zero-order chi connectivity index (χ0) is 14.9. The molecule has 1 aromatic carbocycles. The number of benzene rings is 1. The molecule has 2 rings (SSSR count). The van der Waals surface area contributed by atoms with Crippen molar-refractivity contribution in [3.63, 3.8) is 0 Å². The summed E-state index contributed by atoms with van der Waals surface area (Å²) < 4.78 is 18.9. The monoisotopic (exact) mass is 376 g/mol. The lowest BCUT2D eigenvalue weighted by molar-refractivity contribution is 0.0527. The van der Waals surface area contributed by atoms with E-state index in [9.17, 15) is 9.18 Å². The molecule has 0 atom stereocenters. The molecule has 21 heavy (non-hydrogen) atoms. The van der Waals surface area contributed by atoms with Crippen LogP contribution in [0.5, 0.6) is 0 Å². The van der Waals surface area contributed by atoms with Crippen molar-refractivity contribution in [3.05, 3.63) is 34.2 Å². The van der Waals surface area contributed by atoms with Crippen molar-refractivity contribution in [1.29, 1.82) is 0 Å². The number of ether oxygens (including phenoxy) is 1. The Morgan fingerprint density at radius 1 is 1.43 bits per heavy atom. The van der Waals surface area contributed by atoms with Gasteiger partial charge in [0, 0.05) is 25.7 Å². The van der Waals surface area contributed by atoms with Gasteiger partial charge >= 0.3 is 5.97 Å². The van der Waals surface area contributed by atoms with Crippen LogP contribution in [0.3, 0.4) is 0 Å². The molecule has 0 aliphatic carbocycles. The van der Waals surface area contributed by atoms with Gasteiger partial charge in [-0.25, -0.2) is 9.18 Å². The third-order valence-corrected chi connectivity index (χ3v) is 3.60. The van der Waals surface area contributed by atoms with Crippen molar-refractivity contribution < 1.29 is 13.9 Å². The Morgan fingerprint density at radius 3 is 2.67 bits per heavy atom. The molecule has 0 fully saturated rings. The second-order valence-electron chi connectivity index (χ2n) is 4.39. The van der Waals surface area contributed by atoms with E-state index in [4.69, 9.17) is 4.74 Å². The number of nitrogens with zero attached hydrogens (tertiary/aromatic N) is 2. The summed E-state index contributed by atoms with van der Waals surface area (Å²) in [6, 6.07) is 2.95. The summed E-state index contributed by atoms with van der Waals surface area (Å²) >= 11 is 3.18. The number of hydrogen-bond acceptors (Lipinski definition) is 4. The number of carbonyl (C=O) groups excluding carboxylic acids is 1. The van der Waals surface area contributed by atoms with Crippen LogP contribution in [0.1, 0.15) is 17.3 Å². The molecule has 2 aromatic rings. The standard InChI is InChI=1S/C14H14BrFN2O2.ClH/c1-4-20-14(19)9-7-17-12-8(13(9)18(2)3)5-6-10(16)11(12)15;/h5-7H,4H2,1-3H3;1H. The molecule has 0 bridgehead atoms. The van der Waals surface area contributed by atoms with Gasteiger partial charge in [-0.05, 0) is 35.0 Å². The normalized spacial score (nSPS) is 10.1. The van der Waals surface area contributed by atoms with Crippen LogP contribution in [-0.4, -0.2) is 31.7 Å². The van der Waals surface area contributed by atoms with Crippen molar-refractivity contribution >= 4 is 50.9 Å². The molecule has 0 aliphatic heterocycles. The molecule has 0 N–H and O–H groups in total. The number of halogens is 3. The third kappa shape index (κ3) is 3.27. The molecular formula is C14H15BrClFN2O2. The summed E-state index contributed by atoms with van der Waals surface area (Å²) in [4.78, 5) is 18.0. The minimum atomic E-state index is -0.439. The van der Waals surface area contributed by atoms with Crippen LogP contribution in [0.4, 0.5) is 10.1 Å². The SMILES string of the molecule is CCOC(=O)c1cnc2c(Br)c(F)ccc2c1N(C)C.Cl. The zero-order valence-corrected chi connectivity index (χ0v) is 14.2. The van der Waals surface area contributed by atoms with Crippen LogP contribution in [0, 0.1) is 5.82 Å². The van der Waals surface area contributed by atoms with Gasteiger partial charge in [0.15, 0.2) is 0 Å². The number of rotatable bonds is 3. The number of esters is 1. The van der Waals surface area contributed by atoms with Crippen LogP contribution in [0.25, 0.3) is 10.9 Å². The predicted molar refractivity (Wildman–Crippen MR) is 86.9 cm³/mol. The summed E-state index contributed by atoms with van der Waals surface area (Å²) in [5, 5.41) is 0.689. The maximum atomic E-state index is 13.6. The molecule has 0 amide bonds. The van der Waals surface area contributed by atoms with Crippen LogP contribution in [-0.2, 0) is 4.74 Å². The first-order valence-electron chi connectivity index (χ1n) is 6.08. The van der Waals surface area contributed by atoms with Crippen LogP contribution < -0.4 is 4.90 Å². The molecule has 114 valence electrons. The zero-order valence-electron chi connectivity index (χ0n) is 11.8. The van der Waals surface area contributed by atoms with Gasteiger partial charge < -0.3 is 9.64 Å². The van der Waals surface area contributed by atoms with Crippen molar-refractivity contribution in [2.24, 2.45) is 0 Å². The maximum absolute atomic E-state index is 13.6. The van der Waals surface area contributed by atoms with E-state index in [1.807, 2.05) is 14.1 Å². The molecule has 4 nitrogen and oxygen atoms in total.